The third kappa shape index (κ3) is 4.45. The zero-order valence-corrected chi connectivity index (χ0v) is 14.1. The molecule has 2 amide bonds. The number of methoxy groups -OCH3 is 1. The monoisotopic (exact) mass is 319 g/mol. The quantitative estimate of drug-likeness (QED) is 0.833. The van der Waals surface area contributed by atoms with E-state index in [-0.39, 0.29) is 18.4 Å². The van der Waals surface area contributed by atoms with Crippen molar-refractivity contribution in [3.8, 4) is 0 Å². The molecule has 0 unspecified atom stereocenters. The molecule has 0 aliphatic carbocycles. The summed E-state index contributed by atoms with van der Waals surface area (Å²) in [6.07, 6.45) is 0.789. The standard InChI is InChI=1S/C17H25N3O3/c1-18(2)15-7-5-14(6-8-15)17(22)20-10-4-9-19(11-12-20)16(21)13-23-3/h5-8H,4,9-13H2,1-3H3. The molecule has 0 N–H and O–H groups in total. The van der Waals surface area contributed by atoms with Gasteiger partial charge in [0.2, 0.25) is 5.91 Å². The molecule has 126 valence electrons. The number of benzene rings is 1. The second-order valence-electron chi connectivity index (χ2n) is 5.90. The van der Waals surface area contributed by atoms with E-state index in [4.69, 9.17) is 4.74 Å². The Balaban J connectivity index is 1.98. The lowest BCUT2D eigenvalue weighted by molar-refractivity contribution is -0.135. The Bertz CT molecular complexity index is 543. The van der Waals surface area contributed by atoms with E-state index in [9.17, 15) is 9.59 Å². The van der Waals surface area contributed by atoms with Gasteiger partial charge in [-0.25, -0.2) is 0 Å². The summed E-state index contributed by atoms with van der Waals surface area (Å²) in [6.45, 7) is 2.56. The number of rotatable bonds is 4. The predicted octanol–water partition coefficient (Wildman–Crippen LogP) is 1.07. The second-order valence-corrected chi connectivity index (χ2v) is 5.90. The minimum absolute atomic E-state index is 0.0165. The summed E-state index contributed by atoms with van der Waals surface area (Å²) in [4.78, 5) is 30.1. The number of hydrogen-bond donors (Lipinski definition) is 0. The maximum atomic E-state index is 12.6. The number of carbonyl (C=O) groups is 2. The molecular formula is C17H25N3O3. The average molecular weight is 319 g/mol. The number of anilines is 1. The highest BCUT2D eigenvalue weighted by Crippen LogP contribution is 2.15. The number of ether oxygens (including phenoxy) is 1. The second kappa shape index (κ2) is 7.97. The van der Waals surface area contributed by atoms with Gasteiger partial charge in [-0.1, -0.05) is 0 Å². The lowest BCUT2D eigenvalue weighted by Crippen LogP contribution is -2.38. The predicted molar refractivity (Wildman–Crippen MR) is 89.7 cm³/mol. The molecule has 1 aromatic rings. The molecule has 1 aromatic carbocycles. The Kier molecular flexibility index (Phi) is 5.98. The number of nitrogens with zero attached hydrogens (tertiary/aromatic N) is 3. The van der Waals surface area contributed by atoms with E-state index in [1.165, 1.54) is 7.11 Å². The van der Waals surface area contributed by atoms with Crippen molar-refractivity contribution in [2.24, 2.45) is 0 Å². The molecule has 23 heavy (non-hydrogen) atoms. The first kappa shape index (κ1) is 17.3. The Labute approximate surface area is 137 Å². The normalized spacial score (nSPS) is 15.3. The summed E-state index contributed by atoms with van der Waals surface area (Å²) in [6, 6.07) is 7.60. The van der Waals surface area contributed by atoms with Crippen LogP contribution in [0.5, 0.6) is 0 Å². The van der Waals surface area contributed by atoms with E-state index in [1.807, 2.05) is 48.2 Å². The summed E-state index contributed by atoms with van der Waals surface area (Å²) >= 11 is 0. The summed E-state index contributed by atoms with van der Waals surface area (Å²) in [7, 11) is 5.46. The topological polar surface area (TPSA) is 53.1 Å². The number of hydrogen-bond acceptors (Lipinski definition) is 4. The molecule has 6 heteroatoms. The van der Waals surface area contributed by atoms with Gasteiger partial charge in [-0.15, -0.1) is 0 Å². The highest BCUT2D eigenvalue weighted by atomic mass is 16.5. The molecule has 6 nitrogen and oxygen atoms in total. The zero-order chi connectivity index (χ0) is 16.8. The molecule has 0 bridgehead atoms. The maximum Gasteiger partial charge on any atom is 0.253 e. The number of amides is 2. The highest BCUT2D eigenvalue weighted by Gasteiger charge is 2.22. The van der Waals surface area contributed by atoms with Crippen LogP contribution in [-0.4, -0.2) is 75.6 Å². The Hall–Kier alpha value is -2.08. The van der Waals surface area contributed by atoms with Crippen LogP contribution >= 0.6 is 0 Å². The summed E-state index contributed by atoms with van der Waals surface area (Å²) < 4.78 is 4.90. The molecule has 1 fully saturated rings. The molecule has 0 atom stereocenters. The molecule has 0 aromatic heterocycles. The van der Waals surface area contributed by atoms with Crippen LogP contribution < -0.4 is 4.90 Å². The molecule has 0 saturated carbocycles. The van der Waals surface area contributed by atoms with E-state index >= 15 is 0 Å². The van der Waals surface area contributed by atoms with Gasteiger partial charge in [0.15, 0.2) is 0 Å². The molecule has 0 radical (unpaired) electrons. The van der Waals surface area contributed by atoms with E-state index in [0.29, 0.717) is 31.7 Å². The zero-order valence-electron chi connectivity index (χ0n) is 14.1. The first-order chi connectivity index (χ1) is 11.0. The lowest BCUT2D eigenvalue weighted by atomic mass is 10.1. The van der Waals surface area contributed by atoms with E-state index < -0.39 is 0 Å². The van der Waals surface area contributed by atoms with Crippen LogP contribution in [0.3, 0.4) is 0 Å². The van der Waals surface area contributed by atoms with Crippen molar-refractivity contribution in [3.63, 3.8) is 0 Å². The molecule has 2 rings (SSSR count). The van der Waals surface area contributed by atoms with Gasteiger partial charge in [-0.3, -0.25) is 9.59 Å². The molecule has 1 saturated heterocycles. The van der Waals surface area contributed by atoms with E-state index in [1.54, 1.807) is 4.90 Å². The van der Waals surface area contributed by atoms with Crippen LogP contribution in [0.2, 0.25) is 0 Å². The van der Waals surface area contributed by atoms with Gasteiger partial charge < -0.3 is 19.4 Å². The molecule has 0 spiro atoms. The molecule has 1 heterocycles. The minimum Gasteiger partial charge on any atom is -0.378 e. The van der Waals surface area contributed by atoms with Gasteiger partial charge in [-0.2, -0.15) is 0 Å². The first-order valence-electron chi connectivity index (χ1n) is 7.86. The van der Waals surface area contributed by atoms with Crippen LogP contribution in [0.25, 0.3) is 0 Å². The minimum atomic E-state index is -0.0165. The van der Waals surface area contributed by atoms with E-state index in [0.717, 1.165) is 12.1 Å². The third-order valence-electron chi connectivity index (χ3n) is 4.03. The van der Waals surface area contributed by atoms with Crippen LogP contribution in [-0.2, 0) is 9.53 Å². The molecule has 1 aliphatic rings. The average Bonchev–Trinajstić information content (AvgIpc) is 2.80. The van der Waals surface area contributed by atoms with Gasteiger partial charge in [-0.05, 0) is 30.7 Å². The van der Waals surface area contributed by atoms with Crippen molar-refractivity contribution in [2.45, 2.75) is 6.42 Å². The Morgan fingerprint density at radius 1 is 1.04 bits per heavy atom. The van der Waals surface area contributed by atoms with Crippen LogP contribution in [0.1, 0.15) is 16.8 Å². The maximum absolute atomic E-state index is 12.6. The van der Waals surface area contributed by atoms with E-state index in [2.05, 4.69) is 0 Å². The number of carbonyl (C=O) groups excluding carboxylic acids is 2. The molecular weight excluding hydrogens is 294 g/mol. The van der Waals surface area contributed by atoms with Gasteiger partial charge >= 0.3 is 0 Å². The molecule has 1 aliphatic heterocycles. The fourth-order valence-electron chi connectivity index (χ4n) is 2.67. The summed E-state index contributed by atoms with van der Waals surface area (Å²) in [5, 5.41) is 0. The smallest absolute Gasteiger partial charge is 0.253 e. The van der Waals surface area contributed by atoms with Crippen molar-refractivity contribution < 1.29 is 14.3 Å². The van der Waals surface area contributed by atoms with Crippen molar-refractivity contribution in [3.05, 3.63) is 29.8 Å². The van der Waals surface area contributed by atoms with Gasteiger partial charge in [0.05, 0.1) is 0 Å². The van der Waals surface area contributed by atoms with Crippen LogP contribution in [0.4, 0.5) is 5.69 Å². The van der Waals surface area contributed by atoms with Crippen LogP contribution in [0, 0.1) is 0 Å². The third-order valence-corrected chi connectivity index (χ3v) is 4.03. The van der Waals surface area contributed by atoms with Crippen molar-refractivity contribution in [1.82, 2.24) is 9.80 Å². The fourth-order valence-corrected chi connectivity index (χ4v) is 2.67. The largest absolute Gasteiger partial charge is 0.378 e. The van der Waals surface area contributed by atoms with Crippen molar-refractivity contribution >= 4 is 17.5 Å². The Morgan fingerprint density at radius 2 is 1.65 bits per heavy atom. The van der Waals surface area contributed by atoms with Crippen molar-refractivity contribution in [2.75, 3.05) is 58.9 Å². The van der Waals surface area contributed by atoms with Crippen LogP contribution in [0.15, 0.2) is 24.3 Å². The SMILES string of the molecule is COCC(=O)N1CCCN(C(=O)c2ccc(N(C)C)cc2)CC1. The Morgan fingerprint density at radius 3 is 2.26 bits per heavy atom. The summed E-state index contributed by atoms with van der Waals surface area (Å²) in [5.41, 5.74) is 1.75. The van der Waals surface area contributed by atoms with Gasteiger partial charge in [0.1, 0.15) is 6.61 Å². The van der Waals surface area contributed by atoms with Gasteiger partial charge in [0, 0.05) is 58.6 Å². The fraction of sp³-hybridized carbons (Fsp3) is 0.529. The highest BCUT2D eigenvalue weighted by molar-refractivity contribution is 5.94. The first-order valence-corrected chi connectivity index (χ1v) is 7.86. The summed E-state index contributed by atoms with van der Waals surface area (Å²) in [5.74, 6) is 0.00785. The van der Waals surface area contributed by atoms with Crippen molar-refractivity contribution in [1.29, 1.82) is 0 Å². The lowest BCUT2D eigenvalue weighted by Gasteiger charge is -2.22. The van der Waals surface area contributed by atoms with Gasteiger partial charge in [0.25, 0.3) is 5.91 Å².